The van der Waals surface area contributed by atoms with Crippen LogP contribution in [0.15, 0.2) is 71.4 Å². The summed E-state index contributed by atoms with van der Waals surface area (Å²) in [6.45, 7) is 1.84. The first kappa shape index (κ1) is 27.7. The number of phenolic OH excluding ortho intramolecular Hbond substituents is 1. The highest BCUT2D eigenvalue weighted by Gasteiger charge is 2.30. The van der Waals surface area contributed by atoms with Crippen molar-refractivity contribution >= 4 is 58.2 Å². The van der Waals surface area contributed by atoms with E-state index in [1.165, 1.54) is 19.1 Å². The molecule has 4 rings (SSSR count). The quantitative estimate of drug-likeness (QED) is 0.289. The van der Waals surface area contributed by atoms with Gasteiger partial charge in [0.15, 0.2) is 9.84 Å². The highest BCUT2D eigenvalue weighted by molar-refractivity contribution is 7.90. The largest absolute Gasteiger partial charge is 0.508 e. The van der Waals surface area contributed by atoms with Gasteiger partial charge in [0.1, 0.15) is 5.75 Å². The lowest BCUT2D eigenvalue weighted by Crippen LogP contribution is -2.34. The first-order chi connectivity index (χ1) is 17.5. The molecule has 1 fully saturated rings. The van der Waals surface area contributed by atoms with Gasteiger partial charge in [-0.3, -0.25) is 4.79 Å². The van der Waals surface area contributed by atoms with Crippen LogP contribution in [0.1, 0.15) is 41.3 Å². The average molecular weight is 576 g/mol. The number of phenols is 1. The van der Waals surface area contributed by atoms with Crippen molar-refractivity contribution in [2.45, 2.75) is 42.8 Å². The molecule has 0 aliphatic heterocycles. The molecule has 1 aliphatic rings. The van der Waals surface area contributed by atoms with E-state index >= 15 is 0 Å². The molecule has 0 spiro atoms. The molecule has 0 saturated heterocycles. The lowest BCUT2D eigenvalue weighted by atomic mass is 10.1. The summed E-state index contributed by atoms with van der Waals surface area (Å²) < 4.78 is 23.7. The number of carbonyl (C=O) groups is 1. The highest BCUT2D eigenvalue weighted by Crippen LogP contribution is 2.54. The van der Waals surface area contributed by atoms with Gasteiger partial charge in [0.25, 0.3) is 5.91 Å². The zero-order chi connectivity index (χ0) is 26.7. The van der Waals surface area contributed by atoms with Crippen molar-refractivity contribution in [1.82, 2.24) is 5.32 Å². The number of aromatic hydroxyl groups is 1. The van der Waals surface area contributed by atoms with Gasteiger partial charge in [0.05, 0.1) is 20.5 Å². The average Bonchev–Trinajstić information content (AvgIpc) is 3.63. The Labute approximate surface area is 229 Å². The molecule has 3 aromatic rings. The molecule has 2 unspecified atom stereocenters. The van der Waals surface area contributed by atoms with Gasteiger partial charge >= 0.3 is 0 Å². The Bertz CT molecular complexity index is 1430. The first-order valence-electron chi connectivity index (χ1n) is 11.9. The van der Waals surface area contributed by atoms with Crippen LogP contribution in [0, 0.1) is 0 Å². The van der Waals surface area contributed by atoms with E-state index in [9.17, 15) is 18.3 Å². The maximum absolute atomic E-state index is 13.0. The van der Waals surface area contributed by atoms with E-state index in [4.69, 9.17) is 23.2 Å². The number of benzene rings is 3. The molecule has 0 heterocycles. The van der Waals surface area contributed by atoms with Crippen molar-refractivity contribution in [1.29, 1.82) is 0 Å². The Morgan fingerprint density at radius 2 is 1.78 bits per heavy atom. The standard InChI is InChI=1S/C28H28Cl2NO4PS/c1-18(13-19-5-3-8-24(14-19)37(2,34)35)31-28(33)27-25(29)15-20(16-26(27)30)11-12-36(22-9-10-22)23-7-4-6-21(32)17-23/h3-8,11-12,14-18,22,32H,9-10,13H2,1-2H3,(H,31,33)/b12-11+. The van der Waals surface area contributed by atoms with Gasteiger partial charge in [-0.15, -0.1) is 0 Å². The Morgan fingerprint density at radius 3 is 2.41 bits per heavy atom. The minimum Gasteiger partial charge on any atom is -0.508 e. The molecule has 3 aromatic carbocycles. The number of amides is 1. The summed E-state index contributed by atoms with van der Waals surface area (Å²) in [5.74, 6) is 2.03. The second-order valence-corrected chi connectivity index (χ2v) is 14.5. The van der Waals surface area contributed by atoms with E-state index in [0.717, 1.165) is 16.4 Å². The number of halogens is 2. The van der Waals surface area contributed by atoms with Crippen LogP contribution in [0.25, 0.3) is 6.08 Å². The first-order valence-corrected chi connectivity index (χ1v) is 16.0. The number of hydrogen-bond acceptors (Lipinski definition) is 4. The second-order valence-electron chi connectivity index (χ2n) is 9.33. The Morgan fingerprint density at radius 1 is 1.11 bits per heavy atom. The summed E-state index contributed by atoms with van der Waals surface area (Å²) in [6.07, 6.45) is 5.93. The summed E-state index contributed by atoms with van der Waals surface area (Å²) in [5, 5.41) is 14.4. The van der Waals surface area contributed by atoms with E-state index in [2.05, 4.69) is 11.1 Å². The van der Waals surface area contributed by atoms with Crippen molar-refractivity contribution in [2.24, 2.45) is 0 Å². The third kappa shape index (κ3) is 7.36. The van der Waals surface area contributed by atoms with E-state index in [0.29, 0.717) is 12.1 Å². The van der Waals surface area contributed by atoms with Crippen LogP contribution in [0.2, 0.25) is 10.0 Å². The third-order valence-corrected chi connectivity index (χ3v) is 10.4. The van der Waals surface area contributed by atoms with Gasteiger partial charge in [-0.25, -0.2) is 8.42 Å². The topological polar surface area (TPSA) is 83.5 Å². The molecule has 0 radical (unpaired) electrons. The molecule has 1 aliphatic carbocycles. The van der Waals surface area contributed by atoms with Gasteiger partial charge < -0.3 is 10.4 Å². The van der Waals surface area contributed by atoms with Crippen LogP contribution in [0.3, 0.4) is 0 Å². The number of carbonyl (C=O) groups excluding carboxylic acids is 1. The molecule has 2 N–H and O–H groups in total. The summed E-state index contributed by atoms with van der Waals surface area (Å²) in [4.78, 5) is 13.2. The maximum Gasteiger partial charge on any atom is 0.254 e. The molecule has 1 amide bonds. The number of rotatable bonds is 9. The lowest BCUT2D eigenvalue weighted by Gasteiger charge is -2.16. The zero-order valence-electron chi connectivity index (χ0n) is 20.5. The van der Waals surface area contributed by atoms with Crippen LogP contribution in [0.5, 0.6) is 5.75 Å². The van der Waals surface area contributed by atoms with Crippen LogP contribution in [-0.4, -0.2) is 37.4 Å². The van der Waals surface area contributed by atoms with E-state index < -0.39 is 23.7 Å². The number of nitrogens with one attached hydrogen (secondary N) is 1. The third-order valence-electron chi connectivity index (χ3n) is 6.03. The van der Waals surface area contributed by atoms with Gasteiger partial charge in [-0.2, -0.15) is 0 Å². The van der Waals surface area contributed by atoms with E-state index in [1.807, 2.05) is 37.3 Å². The number of sulfone groups is 1. The molecule has 194 valence electrons. The minimum absolute atomic E-state index is 0.203. The van der Waals surface area contributed by atoms with Crippen molar-refractivity contribution in [3.63, 3.8) is 0 Å². The normalized spacial score (nSPS) is 15.5. The predicted molar refractivity (Wildman–Crippen MR) is 153 cm³/mol. The predicted octanol–water partition coefficient (Wildman–Crippen LogP) is 6.40. The smallest absolute Gasteiger partial charge is 0.254 e. The molecule has 5 nitrogen and oxygen atoms in total. The molecule has 37 heavy (non-hydrogen) atoms. The molecule has 9 heteroatoms. The summed E-state index contributed by atoms with van der Waals surface area (Å²) >= 11 is 13.0. The van der Waals surface area contributed by atoms with Gasteiger partial charge in [0.2, 0.25) is 0 Å². The summed E-state index contributed by atoms with van der Waals surface area (Å²) in [5.41, 5.74) is 2.40. The second kappa shape index (κ2) is 11.6. The van der Waals surface area contributed by atoms with Gasteiger partial charge in [0, 0.05) is 12.3 Å². The monoisotopic (exact) mass is 575 g/mol. The van der Waals surface area contributed by atoms with Crippen molar-refractivity contribution in [2.75, 3.05) is 6.26 Å². The minimum atomic E-state index is -3.31. The molecule has 2 atom stereocenters. The Kier molecular flexibility index (Phi) is 8.65. The van der Waals surface area contributed by atoms with Crippen molar-refractivity contribution in [3.8, 4) is 5.75 Å². The highest BCUT2D eigenvalue weighted by atomic mass is 35.5. The van der Waals surface area contributed by atoms with Gasteiger partial charge in [-0.05, 0) is 92.6 Å². The fourth-order valence-corrected chi connectivity index (χ4v) is 7.88. The van der Waals surface area contributed by atoms with E-state index in [-0.39, 0.29) is 32.3 Å². The Balaban J connectivity index is 1.46. The van der Waals surface area contributed by atoms with Crippen LogP contribution in [-0.2, 0) is 16.3 Å². The van der Waals surface area contributed by atoms with Crippen LogP contribution < -0.4 is 10.6 Å². The molecular formula is C28H28Cl2NO4PS. The maximum atomic E-state index is 13.0. The zero-order valence-corrected chi connectivity index (χ0v) is 23.7. The fourth-order valence-electron chi connectivity index (χ4n) is 4.10. The van der Waals surface area contributed by atoms with Crippen LogP contribution in [0.4, 0.5) is 0 Å². The number of hydrogen-bond donors (Lipinski definition) is 2. The van der Waals surface area contributed by atoms with Crippen molar-refractivity contribution < 1.29 is 18.3 Å². The van der Waals surface area contributed by atoms with E-state index in [1.54, 1.807) is 36.4 Å². The Hall–Kier alpha value is -2.37. The van der Waals surface area contributed by atoms with Crippen LogP contribution >= 0.6 is 31.1 Å². The van der Waals surface area contributed by atoms with Gasteiger partial charge in [-0.1, -0.05) is 59.4 Å². The molecule has 0 aromatic heterocycles. The molecular weight excluding hydrogens is 548 g/mol. The van der Waals surface area contributed by atoms with Crippen molar-refractivity contribution in [3.05, 3.63) is 93.2 Å². The lowest BCUT2D eigenvalue weighted by molar-refractivity contribution is 0.0940. The fraction of sp³-hybridized carbons (Fsp3) is 0.250. The summed E-state index contributed by atoms with van der Waals surface area (Å²) in [7, 11) is -3.88. The summed E-state index contributed by atoms with van der Waals surface area (Å²) in [6, 6.07) is 17.2. The molecule has 1 saturated carbocycles. The SMILES string of the molecule is CC(Cc1cccc(S(C)(=O)=O)c1)NC(=O)c1c(Cl)cc(/C=C/P(c2cccc(O)c2)C2CC2)cc1Cl. The molecule has 0 bridgehead atoms.